The molecular weight excluding hydrogens is 256 g/mol. The molecule has 0 saturated carbocycles. The van der Waals surface area contributed by atoms with Gasteiger partial charge in [0.1, 0.15) is 0 Å². The minimum absolute atomic E-state index is 0.0315. The molecule has 2 rings (SSSR count). The molecule has 0 aliphatic carbocycles. The van der Waals surface area contributed by atoms with Crippen molar-refractivity contribution < 1.29 is 8.78 Å². The van der Waals surface area contributed by atoms with E-state index in [9.17, 15) is 8.78 Å². The molecule has 0 heterocycles. The van der Waals surface area contributed by atoms with Gasteiger partial charge in [0.25, 0.3) is 0 Å². The van der Waals surface area contributed by atoms with E-state index in [0.717, 1.165) is 12.0 Å². The monoisotopic (exact) mass is 275 g/mol. The largest absolute Gasteiger partial charge is 0.306 e. The maximum absolute atomic E-state index is 13.2. The summed E-state index contributed by atoms with van der Waals surface area (Å²) < 4.78 is 26.1. The second kappa shape index (κ2) is 6.62. The van der Waals surface area contributed by atoms with Crippen molar-refractivity contribution in [3.63, 3.8) is 0 Å². The fourth-order valence-electron chi connectivity index (χ4n) is 2.06. The van der Waals surface area contributed by atoms with E-state index in [4.69, 9.17) is 0 Å². The molecule has 3 heteroatoms. The van der Waals surface area contributed by atoms with E-state index in [1.807, 2.05) is 6.92 Å². The van der Waals surface area contributed by atoms with Crippen LogP contribution in [-0.4, -0.2) is 0 Å². The third-order valence-electron chi connectivity index (χ3n) is 3.49. The third kappa shape index (κ3) is 3.64. The van der Waals surface area contributed by atoms with Crippen LogP contribution in [0.2, 0.25) is 0 Å². The van der Waals surface area contributed by atoms with Crippen molar-refractivity contribution in [3.8, 4) is 0 Å². The van der Waals surface area contributed by atoms with Crippen LogP contribution in [0, 0.1) is 11.6 Å². The molecule has 0 aromatic heterocycles. The summed E-state index contributed by atoms with van der Waals surface area (Å²) in [4.78, 5) is 0. The summed E-state index contributed by atoms with van der Waals surface area (Å²) in [7, 11) is 0. The van der Waals surface area contributed by atoms with E-state index >= 15 is 0 Å². The Morgan fingerprint density at radius 2 is 1.60 bits per heavy atom. The van der Waals surface area contributed by atoms with E-state index in [-0.39, 0.29) is 6.04 Å². The van der Waals surface area contributed by atoms with Gasteiger partial charge >= 0.3 is 0 Å². The molecule has 0 saturated heterocycles. The summed E-state index contributed by atoms with van der Waals surface area (Å²) in [5.74, 6) is -1.61. The Bertz CT molecular complexity index is 564. The smallest absolute Gasteiger partial charge is 0.159 e. The van der Waals surface area contributed by atoms with E-state index in [1.165, 1.54) is 23.3 Å². The Kier molecular flexibility index (Phi) is 4.85. The summed E-state index contributed by atoms with van der Waals surface area (Å²) in [6.07, 6.45) is 1.03. The number of halogens is 2. The molecule has 0 aliphatic heterocycles. The number of aryl methyl sites for hydroxylation is 1. The van der Waals surface area contributed by atoms with Crippen LogP contribution in [-0.2, 0) is 13.0 Å². The molecule has 0 fully saturated rings. The van der Waals surface area contributed by atoms with Gasteiger partial charge in [0.15, 0.2) is 11.6 Å². The van der Waals surface area contributed by atoms with Gasteiger partial charge in [-0.3, -0.25) is 0 Å². The highest BCUT2D eigenvalue weighted by molar-refractivity contribution is 5.24. The highest BCUT2D eigenvalue weighted by atomic mass is 19.2. The number of nitrogens with one attached hydrogen (secondary N) is 1. The highest BCUT2D eigenvalue weighted by Crippen LogP contribution is 2.16. The minimum atomic E-state index is -0.809. The summed E-state index contributed by atoms with van der Waals surface area (Å²) in [5.41, 5.74) is 3.23. The van der Waals surface area contributed by atoms with Gasteiger partial charge in [0.2, 0.25) is 0 Å². The quantitative estimate of drug-likeness (QED) is 0.854. The van der Waals surface area contributed by atoms with Crippen LogP contribution in [0.25, 0.3) is 0 Å². The summed E-state index contributed by atoms with van der Waals surface area (Å²) in [6, 6.07) is 12.4. The van der Waals surface area contributed by atoms with E-state index in [1.54, 1.807) is 6.07 Å². The summed E-state index contributed by atoms with van der Waals surface area (Å²) in [5, 5.41) is 3.31. The lowest BCUT2D eigenvalue weighted by atomic mass is 10.1. The van der Waals surface area contributed by atoms with Crippen LogP contribution in [0.5, 0.6) is 0 Å². The maximum atomic E-state index is 13.2. The first-order valence-corrected chi connectivity index (χ1v) is 6.86. The first kappa shape index (κ1) is 14.7. The van der Waals surface area contributed by atoms with Crippen LogP contribution < -0.4 is 5.32 Å². The Morgan fingerprint density at radius 3 is 2.20 bits per heavy atom. The molecule has 1 nitrogen and oxygen atoms in total. The average Bonchev–Trinajstić information content (AvgIpc) is 2.48. The van der Waals surface area contributed by atoms with Crippen molar-refractivity contribution in [2.45, 2.75) is 32.9 Å². The lowest BCUT2D eigenvalue weighted by molar-refractivity contribution is 0.500. The average molecular weight is 275 g/mol. The normalized spacial score (nSPS) is 12.4. The van der Waals surface area contributed by atoms with Gasteiger partial charge in [-0.05, 0) is 42.2 Å². The molecular formula is C17H19F2N. The fraction of sp³-hybridized carbons (Fsp3) is 0.294. The molecule has 1 unspecified atom stereocenters. The molecule has 0 aliphatic rings. The lowest BCUT2D eigenvalue weighted by Crippen LogP contribution is -2.18. The molecule has 106 valence electrons. The van der Waals surface area contributed by atoms with Gasteiger partial charge < -0.3 is 5.32 Å². The van der Waals surface area contributed by atoms with E-state index in [0.29, 0.717) is 6.54 Å². The van der Waals surface area contributed by atoms with Gasteiger partial charge in [-0.15, -0.1) is 0 Å². The Morgan fingerprint density at radius 1 is 0.950 bits per heavy atom. The van der Waals surface area contributed by atoms with Crippen molar-refractivity contribution in [2.24, 2.45) is 0 Å². The predicted molar refractivity (Wildman–Crippen MR) is 77.4 cm³/mol. The van der Waals surface area contributed by atoms with Gasteiger partial charge in [0.05, 0.1) is 0 Å². The number of hydrogen-bond acceptors (Lipinski definition) is 1. The van der Waals surface area contributed by atoms with Gasteiger partial charge in [-0.25, -0.2) is 8.78 Å². The first-order chi connectivity index (χ1) is 9.60. The molecule has 0 amide bonds. The summed E-state index contributed by atoms with van der Waals surface area (Å²) in [6.45, 7) is 4.76. The maximum Gasteiger partial charge on any atom is 0.159 e. The zero-order valence-electron chi connectivity index (χ0n) is 11.8. The number of benzene rings is 2. The van der Waals surface area contributed by atoms with Crippen molar-refractivity contribution in [1.29, 1.82) is 0 Å². The van der Waals surface area contributed by atoms with Crippen molar-refractivity contribution in [2.75, 3.05) is 0 Å². The van der Waals surface area contributed by atoms with Crippen LogP contribution in [0.15, 0.2) is 42.5 Å². The van der Waals surface area contributed by atoms with Crippen LogP contribution in [0.4, 0.5) is 8.78 Å². The minimum Gasteiger partial charge on any atom is -0.306 e. The fourth-order valence-corrected chi connectivity index (χ4v) is 2.06. The molecule has 0 radical (unpaired) electrons. The molecule has 2 aromatic rings. The van der Waals surface area contributed by atoms with Crippen LogP contribution in [0.3, 0.4) is 0 Å². The van der Waals surface area contributed by atoms with Crippen LogP contribution in [0.1, 0.15) is 36.6 Å². The second-order valence-corrected chi connectivity index (χ2v) is 4.95. The van der Waals surface area contributed by atoms with Crippen LogP contribution >= 0.6 is 0 Å². The number of hydrogen-bond donors (Lipinski definition) is 1. The van der Waals surface area contributed by atoms with Gasteiger partial charge in [0, 0.05) is 12.6 Å². The Balaban J connectivity index is 1.96. The summed E-state index contributed by atoms with van der Waals surface area (Å²) >= 11 is 0. The SMILES string of the molecule is CCc1ccc(CNC(C)c2ccc(F)c(F)c2)cc1. The predicted octanol–water partition coefficient (Wildman–Crippen LogP) is 4.38. The third-order valence-corrected chi connectivity index (χ3v) is 3.49. The Labute approximate surface area is 118 Å². The number of rotatable bonds is 5. The molecule has 0 spiro atoms. The lowest BCUT2D eigenvalue weighted by Gasteiger charge is -2.14. The molecule has 1 N–H and O–H groups in total. The standard InChI is InChI=1S/C17H19F2N/c1-3-13-4-6-14(7-5-13)11-20-12(2)15-8-9-16(18)17(19)10-15/h4-10,12,20H,3,11H2,1-2H3. The zero-order valence-corrected chi connectivity index (χ0v) is 11.8. The molecule has 0 bridgehead atoms. The van der Waals surface area contributed by atoms with Crippen molar-refractivity contribution in [1.82, 2.24) is 5.32 Å². The van der Waals surface area contributed by atoms with Gasteiger partial charge in [-0.2, -0.15) is 0 Å². The molecule has 1 atom stereocenters. The first-order valence-electron chi connectivity index (χ1n) is 6.86. The van der Waals surface area contributed by atoms with Gasteiger partial charge in [-0.1, -0.05) is 37.3 Å². The highest BCUT2D eigenvalue weighted by Gasteiger charge is 2.08. The van der Waals surface area contributed by atoms with E-state index < -0.39 is 11.6 Å². The van der Waals surface area contributed by atoms with E-state index in [2.05, 4.69) is 36.5 Å². The molecule has 2 aromatic carbocycles. The van der Waals surface area contributed by atoms with Crippen molar-refractivity contribution in [3.05, 3.63) is 70.8 Å². The van der Waals surface area contributed by atoms with Crippen molar-refractivity contribution >= 4 is 0 Å². The Hall–Kier alpha value is -1.74. The zero-order chi connectivity index (χ0) is 14.5. The second-order valence-electron chi connectivity index (χ2n) is 4.95. The molecule has 20 heavy (non-hydrogen) atoms. The topological polar surface area (TPSA) is 12.0 Å².